The van der Waals surface area contributed by atoms with Crippen LogP contribution in [0.4, 0.5) is 0 Å². The minimum absolute atomic E-state index is 0.864. The summed E-state index contributed by atoms with van der Waals surface area (Å²) in [6.45, 7) is 0. The third-order valence-electron chi connectivity index (χ3n) is 1.44. The van der Waals surface area contributed by atoms with Gasteiger partial charge < -0.3 is 4.74 Å². The Hall–Kier alpha value is -0.240. The molecule has 0 aromatic heterocycles. The maximum absolute atomic E-state index is 5.14. The molecule has 0 aromatic rings. The summed E-state index contributed by atoms with van der Waals surface area (Å²) in [5, 5.41) is 0.864. The number of ether oxygens (including phenoxy) is 1. The number of hydrogen-bond donors (Lipinski definition) is 0. The average molecular weight is 202 g/mol. The molecule has 0 aromatic carbocycles. The molecule has 0 fully saturated rings. The fourth-order valence-electron chi connectivity index (χ4n) is 0.923. The van der Waals surface area contributed by atoms with E-state index >= 15 is 0 Å². The van der Waals surface area contributed by atoms with Gasteiger partial charge in [0.25, 0.3) is 0 Å². The number of hydrogen-bond acceptors (Lipinski definition) is 1. The molecule has 10 heavy (non-hydrogen) atoms. The van der Waals surface area contributed by atoms with Gasteiger partial charge >= 0.3 is 0 Å². The van der Waals surface area contributed by atoms with Crippen LogP contribution in [0, 0.1) is 6.42 Å². The molecule has 0 spiro atoms. The maximum atomic E-state index is 5.14. The van der Waals surface area contributed by atoms with Crippen molar-refractivity contribution >= 4 is 15.9 Å². The van der Waals surface area contributed by atoms with Crippen LogP contribution in [0.3, 0.4) is 0 Å². The van der Waals surface area contributed by atoms with Crippen LogP contribution in [0.2, 0.25) is 0 Å². The Bertz CT molecular complexity index is 170. The molecule has 0 unspecified atom stereocenters. The summed E-state index contributed by atoms with van der Waals surface area (Å²) in [5.74, 6) is 0.999. The number of alkyl halides is 1. The highest BCUT2D eigenvalue weighted by atomic mass is 79.9. The number of rotatable bonds is 2. The molecule has 0 saturated heterocycles. The van der Waals surface area contributed by atoms with Crippen LogP contribution in [0.15, 0.2) is 23.5 Å². The predicted octanol–water partition coefficient (Wildman–Crippen LogP) is 2.45. The minimum Gasteiger partial charge on any atom is -0.500 e. The first-order valence-electron chi connectivity index (χ1n) is 3.21. The number of halogens is 1. The normalized spacial score (nSPS) is 17.8. The van der Waals surface area contributed by atoms with Gasteiger partial charge in [-0.15, -0.1) is 0 Å². The van der Waals surface area contributed by atoms with E-state index in [-0.39, 0.29) is 0 Å². The third-order valence-corrected chi connectivity index (χ3v) is 2.04. The molecular weight excluding hydrogens is 192 g/mol. The molecule has 0 saturated carbocycles. The largest absolute Gasteiger partial charge is 0.500 e. The van der Waals surface area contributed by atoms with Gasteiger partial charge in [0.2, 0.25) is 0 Å². The van der Waals surface area contributed by atoms with Crippen LogP contribution in [0.25, 0.3) is 0 Å². The van der Waals surface area contributed by atoms with Gasteiger partial charge in [-0.25, -0.2) is 0 Å². The zero-order chi connectivity index (χ0) is 7.40. The highest BCUT2D eigenvalue weighted by molar-refractivity contribution is 9.09. The van der Waals surface area contributed by atoms with E-state index in [9.17, 15) is 0 Å². The molecule has 0 heterocycles. The lowest BCUT2D eigenvalue weighted by Gasteiger charge is -2.11. The van der Waals surface area contributed by atoms with Crippen LogP contribution in [0.5, 0.6) is 0 Å². The summed E-state index contributed by atoms with van der Waals surface area (Å²) in [7, 11) is 1.70. The fraction of sp³-hybridized carbons (Fsp3) is 0.375. The standard InChI is InChI=1S/C8H10BrO/c1-10-8-5-3-2-4-7(8)6-9/h2,4-5H,3,6H2,1H3. The Morgan fingerprint density at radius 1 is 1.70 bits per heavy atom. The first-order valence-corrected chi connectivity index (χ1v) is 4.33. The van der Waals surface area contributed by atoms with Gasteiger partial charge in [-0.2, -0.15) is 0 Å². The second-order valence-electron chi connectivity index (χ2n) is 2.07. The third kappa shape index (κ3) is 1.63. The Balaban J connectivity index is 2.73. The monoisotopic (exact) mass is 201 g/mol. The predicted molar refractivity (Wildman–Crippen MR) is 45.9 cm³/mol. The van der Waals surface area contributed by atoms with Crippen LogP contribution in [0.1, 0.15) is 6.42 Å². The molecule has 1 rings (SSSR count). The first-order chi connectivity index (χ1) is 4.88. The lowest BCUT2D eigenvalue weighted by molar-refractivity contribution is 0.293. The van der Waals surface area contributed by atoms with Gasteiger partial charge in [0.1, 0.15) is 5.76 Å². The van der Waals surface area contributed by atoms with Gasteiger partial charge in [0.15, 0.2) is 0 Å². The molecule has 0 amide bonds. The molecule has 55 valence electrons. The minimum atomic E-state index is 0.864. The Morgan fingerprint density at radius 3 is 3.00 bits per heavy atom. The second kappa shape index (κ2) is 3.81. The summed E-state index contributed by atoms with van der Waals surface area (Å²) in [4.78, 5) is 0. The van der Waals surface area contributed by atoms with E-state index in [4.69, 9.17) is 4.74 Å². The molecule has 0 aliphatic heterocycles. The van der Waals surface area contributed by atoms with E-state index in [1.807, 2.05) is 0 Å². The Labute approximate surface area is 69.9 Å². The van der Waals surface area contributed by atoms with Crippen molar-refractivity contribution in [2.24, 2.45) is 0 Å². The molecule has 2 heteroatoms. The van der Waals surface area contributed by atoms with E-state index in [0.29, 0.717) is 0 Å². The van der Waals surface area contributed by atoms with Crippen molar-refractivity contribution in [3.63, 3.8) is 0 Å². The quantitative estimate of drug-likeness (QED) is 0.625. The highest BCUT2D eigenvalue weighted by Crippen LogP contribution is 2.19. The second-order valence-corrected chi connectivity index (χ2v) is 2.63. The van der Waals surface area contributed by atoms with Crippen molar-refractivity contribution in [1.82, 2.24) is 0 Å². The van der Waals surface area contributed by atoms with Gasteiger partial charge in [0.05, 0.1) is 7.11 Å². The van der Waals surface area contributed by atoms with Crippen LogP contribution >= 0.6 is 15.9 Å². The molecule has 1 nitrogen and oxygen atoms in total. The van der Waals surface area contributed by atoms with E-state index < -0.39 is 0 Å². The average Bonchev–Trinajstić information content (AvgIpc) is 2.04. The molecule has 0 bridgehead atoms. The van der Waals surface area contributed by atoms with E-state index in [2.05, 4.69) is 34.5 Å². The smallest absolute Gasteiger partial charge is 0.104 e. The lowest BCUT2D eigenvalue weighted by atomic mass is 10.1. The lowest BCUT2D eigenvalue weighted by Crippen LogP contribution is -1.98. The van der Waals surface area contributed by atoms with Crippen LogP contribution in [-0.4, -0.2) is 12.4 Å². The summed E-state index contributed by atoms with van der Waals surface area (Å²) < 4.78 is 5.14. The summed E-state index contributed by atoms with van der Waals surface area (Å²) in [5.41, 5.74) is 1.22. The Morgan fingerprint density at radius 2 is 2.50 bits per heavy atom. The van der Waals surface area contributed by atoms with Crippen molar-refractivity contribution in [3.8, 4) is 0 Å². The summed E-state index contributed by atoms with van der Waals surface area (Å²) >= 11 is 3.38. The number of allylic oxidation sites excluding steroid dienone is 4. The first kappa shape index (κ1) is 7.86. The van der Waals surface area contributed by atoms with Crippen molar-refractivity contribution in [2.75, 3.05) is 12.4 Å². The molecular formula is C8H10BrO. The summed E-state index contributed by atoms with van der Waals surface area (Å²) in [6, 6.07) is 0. The van der Waals surface area contributed by atoms with E-state index in [1.54, 1.807) is 7.11 Å². The van der Waals surface area contributed by atoms with Crippen LogP contribution in [-0.2, 0) is 4.74 Å². The Kier molecular flexibility index (Phi) is 3.00. The number of methoxy groups -OCH3 is 1. The zero-order valence-electron chi connectivity index (χ0n) is 5.93. The van der Waals surface area contributed by atoms with Crippen molar-refractivity contribution in [1.29, 1.82) is 0 Å². The van der Waals surface area contributed by atoms with Crippen molar-refractivity contribution in [3.05, 3.63) is 29.9 Å². The molecule has 1 aliphatic carbocycles. The van der Waals surface area contributed by atoms with E-state index in [1.165, 1.54) is 5.57 Å². The summed E-state index contributed by atoms with van der Waals surface area (Å²) in [6.07, 6.45) is 7.28. The van der Waals surface area contributed by atoms with Crippen molar-refractivity contribution in [2.45, 2.75) is 6.42 Å². The zero-order valence-corrected chi connectivity index (χ0v) is 7.52. The van der Waals surface area contributed by atoms with Gasteiger partial charge in [0, 0.05) is 17.3 Å². The van der Waals surface area contributed by atoms with Crippen molar-refractivity contribution < 1.29 is 4.74 Å². The SMILES string of the molecule is COC1=C(CBr)C=CC[CH]1. The molecule has 0 N–H and O–H groups in total. The topological polar surface area (TPSA) is 9.23 Å². The maximum Gasteiger partial charge on any atom is 0.104 e. The van der Waals surface area contributed by atoms with Crippen LogP contribution < -0.4 is 0 Å². The molecule has 1 radical (unpaired) electrons. The van der Waals surface area contributed by atoms with E-state index in [0.717, 1.165) is 17.5 Å². The van der Waals surface area contributed by atoms with Gasteiger partial charge in [-0.3, -0.25) is 0 Å². The fourth-order valence-corrected chi connectivity index (χ4v) is 1.39. The highest BCUT2D eigenvalue weighted by Gasteiger charge is 2.06. The molecule has 0 atom stereocenters. The van der Waals surface area contributed by atoms with Gasteiger partial charge in [-0.1, -0.05) is 28.1 Å². The van der Waals surface area contributed by atoms with Gasteiger partial charge in [-0.05, 0) is 6.42 Å². The molecule has 1 aliphatic rings.